The third-order valence-corrected chi connectivity index (χ3v) is 5.26. The van der Waals surface area contributed by atoms with Gasteiger partial charge in [0.15, 0.2) is 0 Å². The molecule has 0 N–H and O–H groups in total. The molecule has 0 saturated carbocycles. The van der Waals surface area contributed by atoms with Gasteiger partial charge in [0.05, 0.1) is 0 Å². The van der Waals surface area contributed by atoms with Crippen molar-refractivity contribution in [3.63, 3.8) is 0 Å². The zero-order valence-electron chi connectivity index (χ0n) is 16.0. The van der Waals surface area contributed by atoms with Gasteiger partial charge in [0.1, 0.15) is 5.41 Å². The Hall–Kier alpha value is -1.91. The number of piperidine rings is 1. The quantitative estimate of drug-likeness (QED) is 0.745. The first-order valence-corrected chi connectivity index (χ1v) is 9.33. The molecule has 0 spiro atoms. The molecule has 2 rings (SSSR count). The predicted octanol–water partition coefficient (Wildman–Crippen LogP) is 2.90. The van der Waals surface area contributed by atoms with Gasteiger partial charge in [-0.3, -0.25) is 14.6 Å². The Morgan fingerprint density at radius 2 is 1.96 bits per heavy atom. The van der Waals surface area contributed by atoms with E-state index in [4.69, 9.17) is 0 Å². The van der Waals surface area contributed by atoms with E-state index in [9.17, 15) is 9.59 Å². The van der Waals surface area contributed by atoms with E-state index in [1.165, 1.54) is 6.42 Å². The van der Waals surface area contributed by atoms with Gasteiger partial charge in [0, 0.05) is 38.6 Å². The summed E-state index contributed by atoms with van der Waals surface area (Å²) in [6.07, 6.45) is 8.47. The standard InChI is InChI=1S/C20H31N3O2/c1-5-17-8-6-7-14-23(17)19(25)20(2,3)18(24)22(4)15-11-16-9-12-21-13-10-16/h9-10,12-13,17H,5-8,11,14-15H2,1-4H3. The summed E-state index contributed by atoms with van der Waals surface area (Å²) < 4.78 is 0. The van der Waals surface area contributed by atoms with Crippen LogP contribution in [0.4, 0.5) is 0 Å². The number of rotatable bonds is 6. The van der Waals surface area contributed by atoms with E-state index < -0.39 is 5.41 Å². The van der Waals surface area contributed by atoms with Crippen molar-refractivity contribution in [1.29, 1.82) is 0 Å². The molecule has 2 heterocycles. The van der Waals surface area contributed by atoms with Crippen molar-refractivity contribution in [3.8, 4) is 0 Å². The second kappa shape index (κ2) is 8.45. The molecule has 1 fully saturated rings. The summed E-state index contributed by atoms with van der Waals surface area (Å²) in [7, 11) is 1.78. The van der Waals surface area contributed by atoms with Gasteiger partial charge in [-0.25, -0.2) is 0 Å². The number of amides is 2. The fraction of sp³-hybridized carbons (Fsp3) is 0.650. The fourth-order valence-electron chi connectivity index (χ4n) is 3.57. The van der Waals surface area contributed by atoms with E-state index in [0.29, 0.717) is 6.54 Å². The van der Waals surface area contributed by atoms with Crippen LogP contribution in [0.25, 0.3) is 0 Å². The minimum absolute atomic E-state index is 0.0280. The summed E-state index contributed by atoms with van der Waals surface area (Å²) in [5.41, 5.74) is 0.124. The molecule has 1 unspecified atom stereocenters. The number of likely N-dealkylation sites (tertiary alicyclic amines) is 1. The highest BCUT2D eigenvalue weighted by Gasteiger charge is 2.42. The van der Waals surface area contributed by atoms with Crippen molar-refractivity contribution in [3.05, 3.63) is 30.1 Å². The van der Waals surface area contributed by atoms with Crippen molar-refractivity contribution in [2.45, 2.75) is 58.9 Å². The topological polar surface area (TPSA) is 53.5 Å². The first-order chi connectivity index (χ1) is 11.9. The summed E-state index contributed by atoms with van der Waals surface area (Å²) in [4.78, 5) is 33.6. The fourth-order valence-corrected chi connectivity index (χ4v) is 3.57. The smallest absolute Gasteiger partial charge is 0.237 e. The highest BCUT2D eigenvalue weighted by Crippen LogP contribution is 2.28. The van der Waals surface area contributed by atoms with Crippen LogP contribution in [-0.4, -0.2) is 52.8 Å². The monoisotopic (exact) mass is 345 g/mol. The number of pyridine rings is 1. The third-order valence-electron chi connectivity index (χ3n) is 5.26. The summed E-state index contributed by atoms with van der Waals surface area (Å²) in [5.74, 6) is -0.133. The van der Waals surface area contributed by atoms with Gasteiger partial charge in [-0.1, -0.05) is 6.92 Å². The van der Waals surface area contributed by atoms with Crippen molar-refractivity contribution >= 4 is 11.8 Å². The van der Waals surface area contributed by atoms with Crippen molar-refractivity contribution in [1.82, 2.24) is 14.8 Å². The highest BCUT2D eigenvalue weighted by molar-refractivity contribution is 6.04. The van der Waals surface area contributed by atoms with Crippen LogP contribution in [0, 0.1) is 5.41 Å². The molecule has 1 aromatic rings. The molecule has 5 heteroatoms. The third kappa shape index (κ3) is 4.59. The molecule has 0 aromatic carbocycles. The summed E-state index contributed by atoms with van der Waals surface area (Å²) in [6, 6.07) is 4.18. The Morgan fingerprint density at radius 1 is 1.28 bits per heavy atom. The molecule has 0 radical (unpaired) electrons. The van der Waals surface area contributed by atoms with Gasteiger partial charge in [-0.05, 0) is 63.6 Å². The van der Waals surface area contributed by atoms with Crippen LogP contribution in [0.3, 0.4) is 0 Å². The molecular formula is C20H31N3O2. The molecule has 2 amide bonds. The Kier molecular flexibility index (Phi) is 6.57. The Labute approximate surface area is 151 Å². The van der Waals surface area contributed by atoms with Gasteiger partial charge >= 0.3 is 0 Å². The SMILES string of the molecule is CCC1CCCCN1C(=O)C(C)(C)C(=O)N(C)CCc1ccncc1. The molecule has 25 heavy (non-hydrogen) atoms. The van der Waals surface area contributed by atoms with Crippen LogP contribution < -0.4 is 0 Å². The van der Waals surface area contributed by atoms with Gasteiger partial charge in [-0.2, -0.15) is 0 Å². The van der Waals surface area contributed by atoms with Crippen LogP contribution in [0.2, 0.25) is 0 Å². The predicted molar refractivity (Wildman–Crippen MR) is 99.0 cm³/mol. The minimum atomic E-state index is -1.02. The van der Waals surface area contributed by atoms with E-state index in [1.807, 2.05) is 17.0 Å². The molecular weight excluding hydrogens is 314 g/mol. The highest BCUT2D eigenvalue weighted by atomic mass is 16.2. The lowest BCUT2D eigenvalue weighted by atomic mass is 9.87. The minimum Gasteiger partial charge on any atom is -0.345 e. The Balaban J connectivity index is 2.00. The first-order valence-electron chi connectivity index (χ1n) is 9.33. The van der Waals surface area contributed by atoms with E-state index in [1.54, 1.807) is 38.2 Å². The lowest BCUT2D eigenvalue weighted by molar-refractivity contribution is -0.155. The second-order valence-electron chi connectivity index (χ2n) is 7.51. The van der Waals surface area contributed by atoms with Gasteiger partial charge < -0.3 is 9.80 Å². The molecule has 1 atom stereocenters. The molecule has 5 nitrogen and oxygen atoms in total. The number of carbonyl (C=O) groups excluding carboxylic acids is 2. The molecule has 138 valence electrons. The average Bonchev–Trinajstić information content (AvgIpc) is 2.65. The van der Waals surface area contributed by atoms with Crippen LogP contribution >= 0.6 is 0 Å². The maximum Gasteiger partial charge on any atom is 0.237 e. The number of aromatic nitrogens is 1. The van der Waals surface area contributed by atoms with Crippen LogP contribution in [0.5, 0.6) is 0 Å². The number of likely N-dealkylation sites (N-methyl/N-ethyl adjacent to an activating group) is 1. The van der Waals surface area contributed by atoms with Gasteiger partial charge in [0.25, 0.3) is 0 Å². The number of nitrogens with zero attached hydrogens (tertiary/aromatic N) is 3. The molecule has 1 saturated heterocycles. The van der Waals surface area contributed by atoms with E-state index in [-0.39, 0.29) is 17.9 Å². The van der Waals surface area contributed by atoms with Gasteiger partial charge in [0.2, 0.25) is 11.8 Å². The number of carbonyl (C=O) groups is 2. The van der Waals surface area contributed by atoms with Crippen molar-refractivity contribution in [2.24, 2.45) is 5.41 Å². The molecule has 0 bridgehead atoms. The van der Waals surface area contributed by atoms with Gasteiger partial charge in [-0.15, -0.1) is 0 Å². The van der Waals surface area contributed by atoms with Crippen molar-refractivity contribution < 1.29 is 9.59 Å². The summed E-state index contributed by atoms with van der Waals surface area (Å²) in [6.45, 7) is 7.02. The second-order valence-corrected chi connectivity index (χ2v) is 7.51. The zero-order valence-corrected chi connectivity index (χ0v) is 16.0. The summed E-state index contributed by atoms with van der Waals surface area (Å²) >= 11 is 0. The average molecular weight is 345 g/mol. The molecule has 1 aliphatic rings. The van der Waals surface area contributed by atoms with E-state index >= 15 is 0 Å². The van der Waals surface area contributed by atoms with Crippen molar-refractivity contribution in [2.75, 3.05) is 20.1 Å². The van der Waals surface area contributed by atoms with Crippen LogP contribution in [0.15, 0.2) is 24.5 Å². The Morgan fingerprint density at radius 3 is 2.60 bits per heavy atom. The maximum atomic E-state index is 13.1. The molecule has 1 aromatic heterocycles. The normalized spacial score (nSPS) is 18.1. The molecule has 0 aliphatic carbocycles. The molecule has 1 aliphatic heterocycles. The van der Waals surface area contributed by atoms with Crippen LogP contribution in [0.1, 0.15) is 52.0 Å². The largest absolute Gasteiger partial charge is 0.345 e. The lowest BCUT2D eigenvalue weighted by Crippen LogP contribution is -2.54. The maximum absolute atomic E-state index is 13.1. The Bertz CT molecular complexity index is 586. The summed E-state index contributed by atoms with van der Waals surface area (Å²) in [5, 5.41) is 0. The van der Waals surface area contributed by atoms with E-state index in [2.05, 4.69) is 11.9 Å². The number of hydrogen-bond acceptors (Lipinski definition) is 3. The number of hydrogen-bond donors (Lipinski definition) is 0. The zero-order chi connectivity index (χ0) is 18.4. The van der Waals surface area contributed by atoms with E-state index in [0.717, 1.165) is 37.8 Å². The lowest BCUT2D eigenvalue weighted by Gasteiger charge is -2.40. The first kappa shape index (κ1) is 19.4. The van der Waals surface area contributed by atoms with Crippen LogP contribution in [-0.2, 0) is 16.0 Å².